The largest absolute Gasteiger partial charge is 0.360 e. The molecule has 4 aliphatic rings. The van der Waals surface area contributed by atoms with Gasteiger partial charge in [-0.2, -0.15) is 0 Å². The van der Waals surface area contributed by atoms with Gasteiger partial charge in [-0.15, -0.1) is 0 Å². The first kappa shape index (κ1) is 18.8. The van der Waals surface area contributed by atoms with Crippen LogP contribution in [0, 0.1) is 11.8 Å². The Morgan fingerprint density at radius 1 is 1.28 bits per heavy atom. The van der Waals surface area contributed by atoms with E-state index in [9.17, 15) is 9.59 Å². The third-order valence-electron chi connectivity index (χ3n) is 6.83. The first-order chi connectivity index (χ1) is 14.0. The monoisotopic (exact) mass is 396 g/mol. The van der Waals surface area contributed by atoms with Crippen molar-refractivity contribution < 1.29 is 14.3 Å². The SMILES string of the molecule is CC(C)N1C[C@@]23C=C[C@@H](O2)[C@H](C(=O)N2CCN(Cc4ccccn4)CC2)[C@@H]3C1=O. The number of likely N-dealkylation sites (tertiary alicyclic amines) is 1. The van der Waals surface area contributed by atoms with Gasteiger partial charge in [0, 0.05) is 45.0 Å². The number of piperazine rings is 1. The van der Waals surface area contributed by atoms with Gasteiger partial charge in [0.25, 0.3) is 0 Å². The van der Waals surface area contributed by atoms with E-state index in [2.05, 4.69) is 9.88 Å². The number of carbonyl (C=O) groups is 2. The van der Waals surface area contributed by atoms with Gasteiger partial charge < -0.3 is 14.5 Å². The average molecular weight is 396 g/mol. The number of ether oxygens (including phenoxy) is 1. The molecular weight excluding hydrogens is 368 g/mol. The van der Waals surface area contributed by atoms with Gasteiger partial charge in [-0.3, -0.25) is 19.5 Å². The molecule has 5 heterocycles. The van der Waals surface area contributed by atoms with Crippen LogP contribution >= 0.6 is 0 Å². The van der Waals surface area contributed by atoms with Gasteiger partial charge in [0.05, 0.1) is 30.2 Å². The molecule has 0 N–H and O–H groups in total. The molecule has 5 rings (SSSR count). The van der Waals surface area contributed by atoms with Gasteiger partial charge in [0.15, 0.2) is 0 Å². The van der Waals surface area contributed by atoms with Crippen LogP contribution in [0.4, 0.5) is 0 Å². The molecule has 3 fully saturated rings. The Morgan fingerprint density at radius 2 is 2.07 bits per heavy atom. The molecule has 0 aliphatic carbocycles. The van der Waals surface area contributed by atoms with Crippen molar-refractivity contribution >= 4 is 11.8 Å². The second-order valence-electron chi connectivity index (χ2n) is 8.88. The van der Waals surface area contributed by atoms with Gasteiger partial charge in [-0.05, 0) is 26.0 Å². The van der Waals surface area contributed by atoms with Gasteiger partial charge >= 0.3 is 0 Å². The van der Waals surface area contributed by atoms with E-state index < -0.39 is 11.5 Å². The minimum absolute atomic E-state index is 0.0685. The lowest BCUT2D eigenvalue weighted by atomic mass is 9.76. The van der Waals surface area contributed by atoms with E-state index in [0.29, 0.717) is 19.6 Å². The molecule has 7 nitrogen and oxygen atoms in total. The van der Waals surface area contributed by atoms with Crippen LogP contribution in [0.1, 0.15) is 19.5 Å². The first-order valence-corrected chi connectivity index (χ1v) is 10.6. The number of amides is 2. The Labute approximate surface area is 171 Å². The fraction of sp³-hybridized carbons (Fsp3) is 0.591. The van der Waals surface area contributed by atoms with E-state index in [1.807, 2.05) is 60.2 Å². The van der Waals surface area contributed by atoms with Gasteiger partial charge in [0.2, 0.25) is 11.8 Å². The van der Waals surface area contributed by atoms with Crippen molar-refractivity contribution in [2.75, 3.05) is 32.7 Å². The maximum atomic E-state index is 13.4. The topological polar surface area (TPSA) is 66.0 Å². The van der Waals surface area contributed by atoms with Crippen LogP contribution in [0.15, 0.2) is 36.5 Å². The molecule has 1 aromatic rings. The smallest absolute Gasteiger partial charge is 0.230 e. The van der Waals surface area contributed by atoms with Crippen LogP contribution in [0.2, 0.25) is 0 Å². The van der Waals surface area contributed by atoms with Crippen LogP contribution in [0.5, 0.6) is 0 Å². The Hall–Kier alpha value is -2.25. The second-order valence-corrected chi connectivity index (χ2v) is 8.88. The molecule has 2 bridgehead atoms. The summed E-state index contributed by atoms with van der Waals surface area (Å²) in [6, 6.07) is 6.06. The number of fused-ring (bicyclic) bond motifs is 1. The highest BCUT2D eigenvalue weighted by Crippen LogP contribution is 2.52. The van der Waals surface area contributed by atoms with Crippen molar-refractivity contribution in [3.05, 3.63) is 42.2 Å². The number of nitrogens with zero attached hydrogens (tertiary/aromatic N) is 4. The quantitative estimate of drug-likeness (QED) is 0.708. The van der Waals surface area contributed by atoms with Gasteiger partial charge in [-0.25, -0.2) is 0 Å². The first-order valence-electron chi connectivity index (χ1n) is 10.6. The molecule has 154 valence electrons. The van der Waals surface area contributed by atoms with E-state index >= 15 is 0 Å². The zero-order valence-corrected chi connectivity index (χ0v) is 17.0. The van der Waals surface area contributed by atoms with E-state index in [1.54, 1.807) is 0 Å². The number of carbonyl (C=O) groups excluding carboxylic acids is 2. The van der Waals surface area contributed by atoms with E-state index in [4.69, 9.17) is 4.74 Å². The molecule has 1 spiro atoms. The molecule has 4 atom stereocenters. The Bertz CT molecular complexity index is 834. The van der Waals surface area contributed by atoms with Crippen LogP contribution < -0.4 is 0 Å². The van der Waals surface area contributed by atoms with Gasteiger partial charge in [0.1, 0.15) is 5.60 Å². The second kappa shape index (κ2) is 6.92. The number of pyridine rings is 1. The van der Waals surface area contributed by atoms with Crippen molar-refractivity contribution in [1.82, 2.24) is 19.7 Å². The summed E-state index contributed by atoms with van der Waals surface area (Å²) >= 11 is 0. The fourth-order valence-corrected chi connectivity index (χ4v) is 5.31. The maximum Gasteiger partial charge on any atom is 0.230 e. The van der Waals surface area contributed by atoms with Crippen LogP contribution in [0.3, 0.4) is 0 Å². The summed E-state index contributed by atoms with van der Waals surface area (Å²) in [4.78, 5) is 37.0. The van der Waals surface area contributed by atoms with Gasteiger partial charge in [-0.1, -0.05) is 18.2 Å². The van der Waals surface area contributed by atoms with Crippen LogP contribution in [0.25, 0.3) is 0 Å². The average Bonchev–Trinajstić information content (AvgIpc) is 3.37. The molecule has 7 heteroatoms. The standard InChI is InChI=1S/C22H28N4O3/c1-15(2)26-14-22-7-6-17(29-22)18(19(22)21(26)28)20(27)25-11-9-24(10-12-25)13-16-5-3-4-8-23-16/h3-8,15,17-19H,9-14H2,1-2H3/t17-,18+,19-,22-/m1/s1. The van der Waals surface area contributed by atoms with E-state index in [-0.39, 0.29) is 29.9 Å². The molecule has 4 aliphatic heterocycles. The van der Waals surface area contributed by atoms with Crippen molar-refractivity contribution in [2.24, 2.45) is 11.8 Å². The van der Waals surface area contributed by atoms with Crippen LogP contribution in [-0.2, 0) is 20.9 Å². The maximum absolute atomic E-state index is 13.4. The predicted molar refractivity (Wildman–Crippen MR) is 107 cm³/mol. The zero-order valence-electron chi connectivity index (χ0n) is 17.0. The Balaban J connectivity index is 1.26. The molecule has 3 saturated heterocycles. The van der Waals surface area contributed by atoms with Crippen LogP contribution in [-0.4, -0.2) is 82.0 Å². The summed E-state index contributed by atoms with van der Waals surface area (Å²) in [6.45, 7) is 8.39. The third-order valence-corrected chi connectivity index (χ3v) is 6.83. The Kier molecular flexibility index (Phi) is 4.47. The molecule has 1 aromatic heterocycles. The molecule has 2 amide bonds. The number of aromatic nitrogens is 1. The molecule has 0 radical (unpaired) electrons. The highest BCUT2D eigenvalue weighted by Gasteiger charge is 2.67. The third kappa shape index (κ3) is 2.99. The lowest BCUT2D eigenvalue weighted by Gasteiger charge is -2.37. The minimum atomic E-state index is -0.604. The number of rotatable bonds is 4. The van der Waals surface area contributed by atoms with E-state index in [1.165, 1.54) is 0 Å². The van der Waals surface area contributed by atoms with Crippen molar-refractivity contribution in [1.29, 1.82) is 0 Å². The number of hydrogen-bond acceptors (Lipinski definition) is 5. The molecule has 0 aromatic carbocycles. The molecule has 0 unspecified atom stereocenters. The highest BCUT2D eigenvalue weighted by molar-refractivity contribution is 5.93. The highest BCUT2D eigenvalue weighted by atomic mass is 16.5. The molecule has 0 saturated carbocycles. The van der Waals surface area contributed by atoms with E-state index in [0.717, 1.165) is 25.3 Å². The number of hydrogen-bond donors (Lipinski definition) is 0. The van der Waals surface area contributed by atoms with Crippen molar-refractivity contribution in [2.45, 2.75) is 38.1 Å². The summed E-state index contributed by atoms with van der Waals surface area (Å²) in [5.41, 5.74) is 0.443. The Morgan fingerprint density at radius 3 is 2.76 bits per heavy atom. The summed E-state index contributed by atoms with van der Waals surface area (Å²) in [5, 5.41) is 0. The molecular formula is C22H28N4O3. The zero-order chi connectivity index (χ0) is 20.2. The summed E-state index contributed by atoms with van der Waals surface area (Å²) in [7, 11) is 0. The predicted octanol–water partition coefficient (Wildman–Crippen LogP) is 0.916. The molecule has 29 heavy (non-hydrogen) atoms. The minimum Gasteiger partial charge on any atom is -0.360 e. The fourth-order valence-electron chi connectivity index (χ4n) is 5.31. The lowest BCUT2D eigenvalue weighted by molar-refractivity contribution is -0.145. The lowest BCUT2D eigenvalue weighted by Crippen LogP contribution is -2.53. The van der Waals surface area contributed by atoms with Crippen molar-refractivity contribution in [3.8, 4) is 0 Å². The summed E-state index contributed by atoms with van der Waals surface area (Å²) in [5.74, 6) is -0.626. The van der Waals surface area contributed by atoms with Crippen molar-refractivity contribution in [3.63, 3.8) is 0 Å². The summed E-state index contributed by atoms with van der Waals surface area (Å²) < 4.78 is 6.22. The normalized spacial score (nSPS) is 33.8. The summed E-state index contributed by atoms with van der Waals surface area (Å²) in [6.07, 6.45) is 5.56.